The summed E-state index contributed by atoms with van der Waals surface area (Å²) < 4.78 is 30.6. The van der Waals surface area contributed by atoms with Crippen LogP contribution in [0.2, 0.25) is 0 Å². The zero-order valence-electron chi connectivity index (χ0n) is 18.1. The summed E-state index contributed by atoms with van der Waals surface area (Å²) in [6, 6.07) is 13.6. The number of rotatable bonds is 11. The number of benzene rings is 2. The van der Waals surface area contributed by atoms with E-state index in [4.69, 9.17) is 9.88 Å². The van der Waals surface area contributed by atoms with Crippen molar-refractivity contribution in [3.63, 3.8) is 0 Å². The molecular formula is C22H25N5O4S2. The standard InChI is InChI=1S/C22H25N5O4S2/c1-3-12-27-20(14-31-18-10-8-16(4-2)9-11-18)25-26-22(27)32-15-21(28)24-17-6-5-7-19(13-17)33(23,29)30/h3,5-11,13H,1,4,12,14-15H2,2H3,(H,24,28)(H2,23,29,30). The SMILES string of the molecule is C=CCn1c(COc2ccc(CC)cc2)nnc1SCC(=O)Nc1cccc(S(N)(=O)=O)c1. The summed E-state index contributed by atoms with van der Waals surface area (Å²) in [6.07, 6.45) is 2.67. The smallest absolute Gasteiger partial charge is 0.238 e. The van der Waals surface area contributed by atoms with Crippen LogP contribution in [-0.2, 0) is 34.4 Å². The number of ether oxygens (including phenoxy) is 1. The number of hydrogen-bond donors (Lipinski definition) is 2. The van der Waals surface area contributed by atoms with Crippen molar-refractivity contribution in [1.29, 1.82) is 0 Å². The second-order valence-corrected chi connectivity index (χ2v) is 9.50. The first kappa shape index (κ1) is 24.5. The van der Waals surface area contributed by atoms with Crippen LogP contribution in [0.5, 0.6) is 5.75 Å². The average molecular weight is 488 g/mol. The molecule has 0 aliphatic rings. The van der Waals surface area contributed by atoms with Crippen molar-refractivity contribution < 1.29 is 17.9 Å². The molecule has 33 heavy (non-hydrogen) atoms. The molecule has 174 valence electrons. The Morgan fingerprint density at radius 1 is 1.24 bits per heavy atom. The van der Waals surface area contributed by atoms with Gasteiger partial charge in [-0.05, 0) is 42.3 Å². The number of aryl methyl sites for hydroxylation is 1. The Labute approximate surface area is 197 Å². The maximum absolute atomic E-state index is 12.4. The Morgan fingerprint density at radius 2 is 2.00 bits per heavy atom. The Kier molecular flexibility index (Phi) is 8.26. The lowest BCUT2D eigenvalue weighted by atomic mass is 10.2. The molecule has 0 fully saturated rings. The van der Waals surface area contributed by atoms with Crippen molar-refractivity contribution in [2.45, 2.75) is 36.5 Å². The highest BCUT2D eigenvalue weighted by molar-refractivity contribution is 7.99. The lowest BCUT2D eigenvalue weighted by Crippen LogP contribution is -2.16. The molecule has 11 heteroatoms. The first-order valence-electron chi connectivity index (χ1n) is 10.1. The number of hydrogen-bond acceptors (Lipinski definition) is 7. The Balaban J connectivity index is 1.61. The van der Waals surface area contributed by atoms with Crippen LogP contribution in [0.1, 0.15) is 18.3 Å². The molecule has 1 heterocycles. The van der Waals surface area contributed by atoms with Gasteiger partial charge in [-0.2, -0.15) is 0 Å². The molecule has 0 saturated heterocycles. The largest absolute Gasteiger partial charge is 0.486 e. The Bertz CT molecular complexity index is 1220. The summed E-state index contributed by atoms with van der Waals surface area (Å²) in [4.78, 5) is 12.3. The number of carbonyl (C=O) groups excluding carboxylic acids is 1. The van der Waals surface area contributed by atoms with Crippen molar-refractivity contribution in [1.82, 2.24) is 14.8 Å². The van der Waals surface area contributed by atoms with Crippen LogP contribution in [0.15, 0.2) is 71.2 Å². The number of primary sulfonamides is 1. The Morgan fingerprint density at radius 3 is 2.67 bits per heavy atom. The summed E-state index contributed by atoms with van der Waals surface area (Å²) in [5.41, 5.74) is 1.56. The molecule has 0 saturated carbocycles. The van der Waals surface area contributed by atoms with Gasteiger partial charge in [-0.3, -0.25) is 9.36 Å². The highest BCUT2D eigenvalue weighted by Crippen LogP contribution is 2.20. The van der Waals surface area contributed by atoms with Gasteiger partial charge in [0.2, 0.25) is 15.9 Å². The van der Waals surface area contributed by atoms with Gasteiger partial charge in [-0.25, -0.2) is 13.6 Å². The number of nitrogens with zero attached hydrogens (tertiary/aromatic N) is 3. The highest BCUT2D eigenvalue weighted by atomic mass is 32.2. The minimum absolute atomic E-state index is 0.0498. The first-order valence-corrected chi connectivity index (χ1v) is 12.6. The molecule has 0 spiro atoms. The van der Waals surface area contributed by atoms with Crippen molar-refractivity contribution >= 4 is 33.4 Å². The third-order valence-electron chi connectivity index (χ3n) is 4.58. The highest BCUT2D eigenvalue weighted by Gasteiger charge is 2.15. The molecule has 1 amide bonds. The number of nitrogens with one attached hydrogen (secondary N) is 1. The van der Waals surface area contributed by atoms with E-state index in [9.17, 15) is 13.2 Å². The van der Waals surface area contributed by atoms with Crippen molar-refractivity contribution in [2.24, 2.45) is 5.14 Å². The third kappa shape index (κ3) is 6.91. The van der Waals surface area contributed by atoms with Crippen LogP contribution in [-0.4, -0.2) is 34.8 Å². The molecule has 0 aliphatic heterocycles. The fourth-order valence-corrected chi connectivity index (χ4v) is 4.22. The molecule has 0 unspecified atom stereocenters. The lowest BCUT2D eigenvalue weighted by molar-refractivity contribution is -0.113. The minimum Gasteiger partial charge on any atom is -0.486 e. The topological polar surface area (TPSA) is 129 Å². The number of aromatic nitrogens is 3. The van der Waals surface area contributed by atoms with E-state index >= 15 is 0 Å². The summed E-state index contributed by atoms with van der Waals surface area (Å²) in [6.45, 7) is 6.54. The van der Waals surface area contributed by atoms with Crippen LogP contribution in [0.25, 0.3) is 0 Å². The molecule has 3 aromatic rings. The minimum atomic E-state index is -3.85. The van der Waals surface area contributed by atoms with E-state index in [-0.39, 0.29) is 23.2 Å². The van der Waals surface area contributed by atoms with E-state index < -0.39 is 10.0 Å². The number of carbonyl (C=O) groups is 1. The van der Waals surface area contributed by atoms with Gasteiger partial charge in [0, 0.05) is 12.2 Å². The van der Waals surface area contributed by atoms with Gasteiger partial charge in [0.25, 0.3) is 0 Å². The molecule has 0 bridgehead atoms. The summed E-state index contributed by atoms with van der Waals surface area (Å²) in [5, 5.41) is 16.7. The quantitative estimate of drug-likeness (QED) is 0.314. The maximum atomic E-state index is 12.4. The molecule has 3 N–H and O–H groups in total. The normalized spacial score (nSPS) is 11.2. The number of anilines is 1. The van der Waals surface area contributed by atoms with E-state index in [0.29, 0.717) is 23.2 Å². The van der Waals surface area contributed by atoms with E-state index in [1.54, 1.807) is 12.1 Å². The summed E-state index contributed by atoms with van der Waals surface area (Å²) in [7, 11) is -3.85. The molecule has 0 radical (unpaired) electrons. The van der Waals surface area contributed by atoms with Crippen molar-refractivity contribution in [3.8, 4) is 5.75 Å². The molecule has 0 atom stereocenters. The fourth-order valence-electron chi connectivity index (χ4n) is 2.89. The second kappa shape index (κ2) is 11.1. The average Bonchev–Trinajstić information content (AvgIpc) is 3.18. The van der Waals surface area contributed by atoms with Crippen molar-refractivity contribution in [2.75, 3.05) is 11.1 Å². The van der Waals surface area contributed by atoms with E-state index in [0.717, 1.165) is 12.2 Å². The van der Waals surface area contributed by atoms with Gasteiger partial charge in [0.15, 0.2) is 11.0 Å². The van der Waals surface area contributed by atoms with E-state index in [1.165, 1.54) is 35.5 Å². The number of amides is 1. The molecule has 0 aliphatic carbocycles. The van der Waals surface area contributed by atoms with E-state index in [2.05, 4.69) is 29.0 Å². The van der Waals surface area contributed by atoms with Gasteiger partial charge >= 0.3 is 0 Å². The molecular weight excluding hydrogens is 462 g/mol. The van der Waals surface area contributed by atoms with Crippen LogP contribution in [0, 0.1) is 0 Å². The van der Waals surface area contributed by atoms with E-state index in [1.807, 2.05) is 28.8 Å². The first-order chi connectivity index (χ1) is 15.8. The zero-order valence-corrected chi connectivity index (χ0v) is 19.7. The number of thioether (sulfide) groups is 1. The van der Waals surface area contributed by atoms with Gasteiger partial charge in [-0.15, -0.1) is 16.8 Å². The van der Waals surface area contributed by atoms with Gasteiger partial charge in [-0.1, -0.05) is 43.0 Å². The predicted octanol–water partition coefficient (Wildman–Crippen LogP) is 2.98. The molecule has 1 aromatic heterocycles. The molecule has 2 aromatic carbocycles. The predicted molar refractivity (Wildman–Crippen MR) is 128 cm³/mol. The maximum Gasteiger partial charge on any atom is 0.238 e. The monoisotopic (exact) mass is 487 g/mol. The van der Waals surface area contributed by atoms with Crippen LogP contribution >= 0.6 is 11.8 Å². The number of sulfonamides is 1. The second-order valence-electron chi connectivity index (χ2n) is 6.99. The zero-order chi connectivity index (χ0) is 23.8. The lowest BCUT2D eigenvalue weighted by Gasteiger charge is -2.10. The van der Waals surface area contributed by atoms with Crippen LogP contribution in [0.3, 0.4) is 0 Å². The number of nitrogens with two attached hydrogens (primary N) is 1. The number of allylic oxidation sites excluding steroid dienone is 1. The van der Waals surface area contributed by atoms with Crippen molar-refractivity contribution in [3.05, 3.63) is 72.6 Å². The van der Waals surface area contributed by atoms with Crippen LogP contribution < -0.4 is 15.2 Å². The fraction of sp³-hybridized carbons (Fsp3) is 0.227. The van der Waals surface area contributed by atoms with Crippen LogP contribution in [0.4, 0.5) is 5.69 Å². The Hall–Kier alpha value is -3.15. The molecule has 9 nitrogen and oxygen atoms in total. The van der Waals surface area contributed by atoms with Gasteiger partial charge in [0.05, 0.1) is 10.6 Å². The third-order valence-corrected chi connectivity index (χ3v) is 6.46. The molecule has 3 rings (SSSR count). The summed E-state index contributed by atoms with van der Waals surface area (Å²) in [5.74, 6) is 1.07. The van der Waals surface area contributed by atoms with Gasteiger partial charge in [0.1, 0.15) is 12.4 Å². The van der Waals surface area contributed by atoms with Gasteiger partial charge < -0.3 is 10.1 Å². The summed E-state index contributed by atoms with van der Waals surface area (Å²) >= 11 is 1.20.